The van der Waals surface area contributed by atoms with Crippen molar-refractivity contribution in [2.24, 2.45) is 0 Å². The molecule has 0 aromatic heterocycles. The van der Waals surface area contributed by atoms with Crippen molar-refractivity contribution in [2.45, 2.75) is 31.0 Å². The zero-order valence-corrected chi connectivity index (χ0v) is 16.5. The number of benzene rings is 3. The van der Waals surface area contributed by atoms with Gasteiger partial charge in [0, 0.05) is 24.2 Å². The highest BCUT2D eigenvalue weighted by atomic mass is 16.6. The SMILES string of the molecule is O=[N+]([O-])c1ccc(CN2CCC[C@@H]2C(O)(c2ccccc2)c2ccccc2)c(O)c1. The molecule has 0 bridgehead atoms. The maximum absolute atomic E-state index is 12.1. The lowest BCUT2D eigenvalue weighted by molar-refractivity contribution is -0.385. The lowest BCUT2D eigenvalue weighted by atomic mass is 9.79. The molecule has 3 aromatic carbocycles. The summed E-state index contributed by atoms with van der Waals surface area (Å²) in [6.07, 6.45) is 1.72. The Morgan fingerprint density at radius 2 is 1.60 bits per heavy atom. The van der Waals surface area contributed by atoms with Gasteiger partial charge in [0.1, 0.15) is 11.4 Å². The summed E-state index contributed by atoms with van der Waals surface area (Å²) in [5, 5.41) is 33.4. The van der Waals surface area contributed by atoms with Crippen molar-refractivity contribution < 1.29 is 15.1 Å². The zero-order valence-electron chi connectivity index (χ0n) is 16.5. The molecule has 3 aromatic rings. The van der Waals surface area contributed by atoms with E-state index < -0.39 is 10.5 Å². The van der Waals surface area contributed by atoms with Crippen LogP contribution in [0.3, 0.4) is 0 Å². The van der Waals surface area contributed by atoms with Gasteiger partial charge in [0.05, 0.1) is 11.0 Å². The van der Waals surface area contributed by atoms with Gasteiger partial charge in [0.2, 0.25) is 0 Å². The van der Waals surface area contributed by atoms with Crippen molar-refractivity contribution in [1.29, 1.82) is 0 Å². The number of phenols is 1. The fraction of sp³-hybridized carbons (Fsp3) is 0.250. The number of hydrogen-bond acceptors (Lipinski definition) is 5. The molecule has 0 saturated carbocycles. The Balaban J connectivity index is 1.70. The number of phenolic OH excluding ortho intramolecular Hbond substituents is 1. The van der Waals surface area contributed by atoms with Crippen molar-refractivity contribution in [3.05, 3.63) is 106 Å². The minimum atomic E-state index is -1.21. The molecule has 0 aliphatic carbocycles. The Bertz CT molecular complexity index is 984. The lowest BCUT2D eigenvalue weighted by Crippen LogP contribution is -2.48. The van der Waals surface area contributed by atoms with E-state index in [2.05, 4.69) is 4.90 Å². The predicted octanol–water partition coefficient (Wildman–Crippen LogP) is 4.20. The molecule has 1 aliphatic rings. The second-order valence-corrected chi connectivity index (χ2v) is 7.70. The number of nitro groups is 1. The van der Waals surface area contributed by atoms with Crippen LogP contribution < -0.4 is 0 Å². The third-order valence-electron chi connectivity index (χ3n) is 5.93. The zero-order chi connectivity index (χ0) is 21.1. The van der Waals surface area contributed by atoms with E-state index in [4.69, 9.17) is 0 Å². The highest BCUT2D eigenvalue weighted by molar-refractivity contribution is 5.44. The number of non-ortho nitro benzene ring substituents is 1. The molecule has 6 nitrogen and oxygen atoms in total. The van der Waals surface area contributed by atoms with Crippen LogP contribution in [0.4, 0.5) is 5.69 Å². The van der Waals surface area contributed by atoms with Gasteiger partial charge in [-0.1, -0.05) is 60.7 Å². The summed E-state index contributed by atoms with van der Waals surface area (Å²) < 4.78 is 0. The summed E-state index contributed by atoms with van der Waals surface area (Å²) in [7, 11) is 0. The standard InChI is InChI=1S/C24H24N2O4/c27-22-16-21(26(29)30)14-13-18(22)17-25-15-7-12-23(25)24(28,19-8-3-1-4-9-19)20-10-5-2-6-11-20/h1-6,8-11,13-14,16,23,27-28H,7,12,15,17H2/t23-/m1/s1. The number of nitrogens with zero attached hydrogens (tertiary/aromatic N) is 2. The van der Waals surface area contributed by atoms with Gasteiger partial charge in [-0.2, -0.15) is 0 Å². The molecule has 0 radical (unpaired) electrons. The number of rotatable bonds is 6. The first-order valence-electron chi connectivity index (χ1n) is 10.0. The van der Waals surface area contributed by atoms with Crippen molar-refractivity contribution in [3.8, 4) is 5.75 Å². The Hall–Kier alpha value is -3.22. The fourth-order valence-electron chi connectivity index (χ4n) is 4.44. The molecule has 1 saturated heterocycles. The van der Waals surface area contributed by atoms with Crippen LogP contribution >= 0.6 is 0 Å². The first-order valence-corrected chi connectivity index (χ1v) is 10.0. The number of nitro benzene ring substituents is 1. The maximum atomic E-state index is 12.1. The number of likely N-dealkylation sites (tertiary alicyclic amines) is 1. The first-order chi connectivity index (χ1) is 14.5. The molecule has 1 aliphatic heterocycles. The van der Waals surface area contributed by atoms with Gasteiger partial charge in [-0.05, 0) is 36.6 Å². The van der Waals surface area contributed by atoms with E-state index in [-0.39, 0.29) is 17.5 Å². The molecule has 1 atom stereocenters. The summed E-state index contributed by atoms with van der Waals surface area (Å²) in [4.78, 5) is 12.6. The largest absolute Gasteiger partial charge is 0.507 e. The molecule has 0 amide bonds. The number of hydrogen-bond donors (Lipinski definition) is 2. The third-order valence-corrected chi connectivity index (χ3v) is 5.93. The van der Waals surface area contributed by atoms with Gasteiger partial charge in [-0.15, -0.1) is 0 Å². The molecule has 0 spiro atoms. The van der Waals surface area contributed by atoms with E-state index in [9.17, 15) is 20.3 Å². The molecule has 6 heteroatoms. The molecule has 0 unspecified atom stereocenters. The molecule has 154 valence electrons. The van der Waals surface area contributed by atoms with E-state index in [0.717, 1.165) is 30.5 Å². The van der Waals surface area contributed by atoms with Crippen LogP contribution in [0.1, 0.15) is 29.5 Å². The molecular formula is C24H24N2O4. The molecule has 2 N–H and O–H groups in total. The summed E-state index contributed by atoms with van der Waals surface area (Å²) >= 11 is 0. The van der Waals surface area contributed by atoms with Crippen LogP contribution in [0, 0.1) is 10.1 Å². The first kappa shape index (κ1) is 20.1. The minimum Gasteiger partial charge on any atom is -0.507 e. The molecule has 1 heterocycles. The predicted molar refractivity (Wildman–Crippen MR) is 114 cm³/mol. The van der Waals surface area contributed by atoms with Gasteiger partial charge in [-0.25, -0.2) is 0 Å². The lowest BCUT2D eigenvalue weighted by Gasteiger charge is -2.40. The van der Waals surface area contributed by atoms with Crippen molar-refractivity contribution >= 4 is 5.69 Å². The average molecular weight is 404 g/mol. The normalized spacial score (nSPS) is 17.2. The van der Waals surface area contributed by atoms with Crippen molar-refractivity contribution in [3.63, 3.8) is 0 Å². The fourth-order valence-corrected chi connectivity index (χ4v) is 4.44. The number of aromatic hydroxyl groups is 1. The highest BCUT2D eigenvalue weighted by Gasteiger charge is 2.45. The summed E-state index contributed by atoms with van der Waals surface area (Å²) in [5.74, 6) is -0.0992. The van der Waals surface area contributed by atoms with Gasteiger partial charge < -0.3 is 10.2 Å². The van der Waals surface area contributed by atoms with Crippen molar-refractivity contribution in [1.82, 2.24) is 4.90 Å². The van der Waals surface area contributed by atoms with Crippen molar-refractivity contribution in [2.75, 3.05) is 6.54 Å². The van der Waals surface area contributed by atoms with E-state index >= 15 is 0 Å². The van der Waals surface area contributed by atoms with Crippen LogP contribution in [0.2, 0.25) is 0 Å². The maximum Gasteiger partial charge on any atom is 0.273 e. The monoisotopic (exact) mass is 404 g/mol. The Morgan fingerprint density at radius 1 is 1.00 bits per heavy atom. The van der Waals surface area contributed by atoms with E-state index in [1.807, 2.05) is 60.7 Å². The molecule has 30 heavy (non-hydrogen) atoms. The van der Waals surface area contributed by atoms with Crippen LogP contribution in [-0.4, -0.2) is 32.6 Å². The molecule has 1 fully saturated rings. The van der Waals surface area contributed by atoms with Gasteiger partial charge >= 0.3 is 0 Å². The Kier molecular flexibility index (Phi) is 5.53. The highest BCUT2D eigenvalue weighted by Crippen LogP contribution is 2.41. The number of aliphatic hydroxyl groups is 1. The summed E-state index contributed by atoms with van der Waals surface area (Å²) in [6, 6.07) is 23.3. The van der Waals surface area contributed by atoms with Gasteiger partial charge in [0.25, 0.3) is 5.69 Å². The summed E-state index contributed by atoms with van der Waals surface area (Å²) in [5.41, 5.74) is 0.896. The smallest absolute Gasteiger partial charge is 0.273 e. The second-order valence-electron chi connectivity index (χ2n) is 7.70. The molecular weight excluding hydrogens is 380 g/mol. The van der Waals surface area contributed by atoms with E-state index in [0.29, 0.717) is 12.1 Å². The van der Waals surface area contributed by atoms with Gasteiger partial charge in [0.15, 0.2) is 0 Å². The van der Waals surface area contributed by atoms with Crippen LogP contribution in [0.5, 0.6) is 5.75 Å². The summed E-state index contributed by atoms with van der Waals surface area (Å²) in [6.45, 7) is 1.17. The average Bonchev–Trinajstić information content (AvgIpc) is 3.24. The van der Waals surface area contributed by atoms with Crippen LogP contribution in [-0.2, 0) is 12.1 Å². The third kappa shape index (κ3) is 3.67. The molecule has 4 rings (SSSR count). The second kappa shape index (κ2) is 8.26. The van der Waals surface area contributed by atoms with E-state index in [1.165, 1.54) is 12.1 Å². The van der Waals surface area contributed by atoms with Gasteiger partial charge in [-0.3, -0.25) is 15.0 Å². The quantitative estimate of drug-likeness (QED) is 0.475. The van der Waals surface area contributed by atoms with E-state index in [1.54, 1.807) is 6.07 Å². The Morgan fingerprint density at radius 3 is 2.13 bits per heavy atom. The van der Waals surface area contributed by atoms with Crippen LogP contribution in [0.25, 0.3) is 0 Å². The Labute approximate surface area is 175 Å². The topological polar surface area (TPSA) is 86.8 Å². The van der Waals surface area contributed by atoms with Crippen LogP contribution in [0.15, 0.2) is 78.9 Å². The minimum absolute atomic E-state index is 0.0992.